The second kappa shape index (κ2) is 13.0. The van der Waals surface area contributed by atoms with Crippen molar-refractivity contribution in [3.63, 3.8) is 0 Å². The highest BCUT2D eigenvalue weighted by molar-refractivity contribution is 8.13. The number of pyridine rings is 1. The zero-order valence-electron chi connectivity index (χ0n) is 23.4. The van der Waals surface area contributed by atoms with Gasteiger partial charge in [0, 0.05) is 18.4 Å². The lowest BCUT2D eigenvalue weighted by Gasteiger charge is -2.27. The molecule has 16 heteroatoms. The minimum absolute atomic E-state index is 0.0690. The van der Waals surface area contributed by atoms with Gasteiger partial charge in [-0.05, 0) is 26.3 Å². The first kappa shape index (κ1) is 32.3. The molecule has 1 aliphatic heterocycles. The topological polar surface area (TPSA) is 211 Å². The lowest BCUT2D eigenvalue weighted by Crippen LogP contribution is -2.44. The summed E-state index contributed by atoms with van der Waals surface area (Å²) in [6.45, 7) is 3.85. The summed E-state index contributed by atoms with van der Waals surface area (Å²) in [6, 6.07) is 10.6. The van der Waals surface area contributed by atoms with Crippen LogP contribution in [0.2, 0.25) is 0 Å². The van der Waals surface area contributed by atoms with Crippen LogP contribution >= 0.6 is 19.5 Å². The van der Waals surface area contributed by atoms with Crippen molar-refractivity contribution in [2.45, 2.75) is 51.4 Å². The normalized spacial score (nSPS) is 24.2. The summed E-state index contributed by atoms with van der Waals surface area (Å²) < 4.78 is 32.3. The van der Waals surface area contributed by atoms with Gasteiger partial charge in [-0.3, -0.25) is 18.6 Å². The molecule has 2 aromatic heterocycles. The van der Waals surface area contributed by atoms with Gasteiger partial charge in [0.2, 0.25) is 0 Å². The number of aliphatic hydroxyl groups excluding tert-OH is 2. The van der Waals surface area contributed by atoms with Crippen LogP contribution in [-0.4, -0.2) is 78.4 Å². The van der Waals surface area contributed by atoms with E-state index in [2.05, 4.69) is 15.1 Å². The highest BCUT2D eigenvalue weighted by Crippen LogP contribution is 2.47. The van der Waals surface area contributed by atoms with Crippen LogP contribution in [0.3, 0.4) is 0 Å². The van der Waals surface area contributed by atoms with Crippen LogP contribution in [-0.2, 0) is 29.7 Å². The van der Waals surface area contributed by atoms with E-state index in [1.54, 1.807) is 13.8 Å². The average Bonchev–Trinajstić information content (AvgIpc) is 3.47. The van der Waals surface area contributed by atoms with Gasteiger partial charge in [-0.25, -0.2) is 14.6 Å². The number of imidazole rings is 1. The smallest absolute Gasteiger partial charge is 0.395 e. The van der Waals surface area contributed by atoms with Gasteiger partial charge in [-0.15, -0.1) is 0 Å². The molecule has 1 aromatic carbocycles. The molecule has 0 radical (unpaired) electrons. The first-order chi connectivity index (χ1) is 19.8. The number of hydrogen-bond acceptors (Lipinski definition) is 12. The lowest BCUT2D eigenvalue weighted by molar-refractivity contribution is -0.119. The molecule has 230 valence electrons. The van der Waals surface area contributed by atoms with E-state index in [9.17, 15) is 29.5 Å². The molecule has 5 atom stereocenters. The van der Waals surface area contributed by atoms with E-state index in [0.29, 0.717) is 0 Å². The van der Waals surface area contributed by atoms with E-state index >= 15 is 0 Å². The largest absolute Gasteiger partial charge is 0.405 e. The molecule has 42 heavy (non-hydrogen) atoms. The molecule has 0 spiro atoms. The summed E-state index contributed by atoms with van der Waals surface area (Å²) in [7, 11) is -4.02. The number of aliphatic hydroxyl groups is 3. The highest BCUT2D eigenvalue weighted by Gasteiger charge is 2.54. The number of aromatic nitrogens is 3. The molecule has 0 bridgehead atoms. The van der Waals surface area contributed by atoms with E-state index in [1.807, 2.05) is 30.3 Å². The van der Waals surface area contributed by atoms with Crippen molar-refractivity contribution >= 4 is 41.5 Å². The van der Waals surface area contributed by atoms with Crippen molar-refractivity contribution in [1.82, 2.24) is 19.6 Å². The van der Waals surface area contributed by atoms with Crippen molar-refractivity contribution in [3.8, 4) is 0 Å². The monoisotopic (exact) mass is 625 g/mol. The minimum atomic E-state index is -4.02. The highest BCUT2D eigenvalue weighted by atomic mass is 32.2. The molecule has 4 rings (SSSR count). The van der Waals surface area contributed by atoms with Crippen molar-refractivity contribution in [2.24, 2.45) is 5.41 Å². The number of nitrogens with zero attached hydrogens (tertiary/aromatic N) is 2. The number of nitrogens with one attached hydrogen (secondary N) is 2. The van der Waals surface area contributed by atoms with Crippen molar-refractivity contribution in [3.05, 3.63) is 58.6 Å². The molecule has 7 N–H and O–H groups in total. The maximum Gasteiger partial charge on any atom is 0.405 e. The van der Waals surface area contributed by atoms with E-state index < -0.39 is 49.4 Å². The quantitative estimate of drug-likeness (QED) is 0.118. The van der Waals surface area contributed by atoms with Gasteiger partial charge >= 0.3 is 7.75 Å². The Balaban J connectivity index is 1.46. The van der Waals surface area contributed by atoms with Crippen molar-refractivity contribution in [2.75, 3.05) is 31.3 Å². The fourth-order valence-corrected chi connectivity index (χ4v) is 6.50. The first-order valence-corrected chi connectivity index (χ1v) is 15.7. The summed E-state index contributed by atoms with van der Waals surface area (Å²) in [5.41, 5.74) is 3.62. The second-order valence-corrected chi connectivity index (χ2v) is 13.7. The number of rotatable bonds is 13. The van der Waals surface area contributed by atoms with E-state index in [4.69, 9.17) is 19.5 Å². The fraction of sp³-hybridized carbons (Fsp3) is 0.500. The Kier molecular flexibility index (Phi) is 9.97. The third-order valence-electron chi connectivity index (χ3n) is 6.86. The number of thioether (sulfide) groups is 1. The summed E-state index contributed by atoms with van der Waals surface area (Å²) in [5, 5.41) is 34.1. The number of fused-ring (bicyclic) bond motifs is 1. The number of ether oxygens (including phenoxy) is 1. The predicted octanol–water partition coefficient (Wildman–Crippen LogP) is 1.53. The Labute approximate surface area is 246 Å². The van der Waals surface area contributed by atoms with Crippen LogP contribution in [0.15, 0.2) is 47.5 Å². The minimum Gasteiger partial charge on any atom is -0.395 e. The van der Waals surface area contributed by atoms with Gasteiger partial charge in [0.1, 0.15) is 23.6 Å². The zero-order valence-corrected chi connectivity index (χ0v) is 25.1. The molecule has 0 amide bonds. The summed E-state index contributed by atoms with van der Waals surface area (Å²) in [4.78, 5) is 31.1. The lowest BCUT2D eigenvalue weighted by atomic mass is 9.96. The van der Waals surface area contributed by atoms with Crippen LogP contribution < -0.4 is 16.4 Å². The molecule has 14 nitrogen and oxygen atoms in total. The van der Waals surface area contributed by atoms with Crippen LogP contribution in [0.5, 0.6) is 0 Å². The number of hydrogen-bond donors (Lipinski definition) is 6. The molecule has 3 heterocycles. The van der Waals surface area contributed by atoms with E-state index in [1.165, 1.54) is 23.9 Å². The molecule has 0 aliphatic carbocycles. The SMILES string of the molecule is CC(C)(CO)C(=O)SCCOP(=O)(NCc1ccccc1)OC[C@H]1O[C@@H](n2cnc3c(=O)[nH]c(N)cc32)C(C)(O)[C@H]1O. The molecule has 0 saturated carbocycles. The maximum atomic E-state index is 13.7. The third kappa shape index (κ3) is 7.13. The van der Waals surface area contributed by atoms with Crippen molar-refractivity contribution < 1.29 is 38.5 Å². The Morgan fingerprint density at radius 3 is 2.74 bits per heavy atom. The van der Waals surface area contributed by atoms with Gasteiger partial charge in [-0.2, -0.15) is 0 Å². The number of benzene rings is 1. The predicted molar refractivity (Wildman–Crippen MR) is 156 cm³/mol. The number of aromatic amines is 1. The van der Waals surface area contributed by atoms with Crippen LogP contribution in [0.1, 0.15) is 32.6 Å². The number of anilines is 1. The van der Waals surface area contributed by atoms with Gasteiger partial charge in [-0.1, -0.05) is 42.1 Å². The van der Waals surface area contributed by atoms with Gasteiger partial charge in [0.05, 0.1) is 37.1 Å². The Hall–Kier alpha value is -2.59. The van der Waals surface area contributed by atoms with Crippen LogP contribution in [0.25, 0.3) is 11.0 Å². The molecule has 3 aromatic rings. The zero-order chi connectivity index (χ0) is 30.7. The summed E-state index contributed by atoms with van der Waals surface area (Å²) >= 11 is 0.940. The average molecular weight is 626 g/mol. The van der Waals surface area contributed by atoms with E-state index in [0.717, 1.165) is 17.3 Å². The summed E-state index contributed by atoms with van der Waals surface area (Å²) in [5.74, 6) is 0.229. The second-order valence-electron chi connectivity index (χ2n) is 10.8. The number of carbonyl (C=O) groups is 1. The Bertz CT molecular complexity index is 1500. The number of carbonyl (C=O) groups excluding carboxylic acids is 1. The van der Waals surface area contributed by atoms with Gasteiger partial charge < -0.3 is 35.3 Å². The molecule has 2 unspecified atom stereocenters. The Morgan fingerprint density at radius 1 is 1.33 bits per heavy atom. The standard InChI is InChI=1S/C26H36N5O9PS/c1-25(2,14-32)24(35)42-10-9-38-41(37,29-12-16-7-5-4-6-8-16)39-13-18-21(33)26(3,36)23(40-18)31-15-28-20-17(31)11-19(27)30-22(20)34/h4-8,11,15,18,21,23,32-33,36H,9-10,12-14H2,1-3H3,(H,29,37)(H3,27,30,34)/t18-,21+,23-,26?,41?/m1/s1. The van der Waals surface area contributed by atoms with Crippen LogP contribution in [0.4, 0.5) is 5.82 Å². The van der Waals surface area contributed by atoms with E-state index in [-0.39, 0.29) is 47.5 Å². The molecular weight excluding hydrogens is 589 g/mol. The number of H-pyrrole nitrogens is 1. The fourth-order valence-electron chi connectivity index (χ4n) is 4.26. The van der Waals surface area contributed by atoms with Gasteiger partial charge in [0.15, 0.2) is 16.9 Å². The van der Waals surface area contributed by atoms with Crippen LogP contribution in [0, 0.1) is 5.41 Å². The third-order valence-corrected chi connectivity index (χ3v) is 9.60. The molecular formula is C26H36N5O9PS. The van der Waals surface area contributed by atoms with Crippen molar-refractivity contribution in [1.29, 1.82) is 0 Å². The maximum absolute atomic E-state index is 13.7. The Morgan fingerprint density at radius 2 is 2.05 bits per heavy atom. The number of nitrogen functional groups attached to an aromatic ring is 1. The summed E-state index contributed by atoms with van der Waals surface area (Å²) in [6.07, 6.45) is -2.54. The molecule has 1 fully saturated rings. The molecule has 1 aliphatic rings. The molecule has 1 saturated heterocycles. The first-order valence-electron chi connectivity index (χ1n) is 13.1. The number of nitrogens with two attached hydrogens (primary N) is 1. The van der Waals surface area contributed by atoms with Gasteiger partial charge in [0.25, 0.3) is 5.56 Å².